The van der Waals surface area contributed by atoms with Gasteiger partial charge in [-0.15, -0.1) is 0 Å². The van der Waals surface area contributed by atoms with Gasteiger partial charge >= 0.3 is 0 Å². The topological polar surface area (TPSA) is 17.1 Å². The van der Waals surface area contributed by atoms with E-state index in [2.05, 4.69) is 26.0 Å². The normalized spacial score (nSPS) is 46.5. The molecule has 0 N–H and O–H groups in total. The standard InChI is InChI=1S/C11H16O/c1-7(6-12)11-8(2)9-3-4-10(11)5-9/h3-4,6-11H,5H2,1-2H3. The number of hydrogen-bond donors (Lipinski definition) is 0. The van der Waals surface area contributed by atoms with Crippen molar-refractivity contribution >= 4 is 6.29 Å². The molecule has 1 nitrogen and oxygen atoms in total. The lowest BCUT2D eigenvalue weighted by molar-refractivity contribution is -0.112. The first-order valence-corrected chi connectivity index (χ1v) is 4.87. The van der Waals surface area contributed by atoms with Crippen LogP contribution in [0, 0.1) is 29.6 Å². The molecule has 0 aromatic heterocycles. The summed E-state index contributed by atoms with van der Waals surface area (Å²) in [5, 5.41) is 0. The van der Waals surface area contributed by atoms with Gasteiger partial charge in [-0.3, -0.25) is 0 Å². The molecule has 0 saturated heterocycles. The molecule has 2 aliphatic rings. The van der Waals surface area contributed by atoms with Crippen LogP contribution in [0.1, 0.15) is 20.3 Å². The minimum atomic E-state index is 0.250. The Labute approximate surface area is 73.8 Å². The van der Waals surface area contributed by atoms with Gasteiger partial charge in [-0.2, -0.15) is 0 Å². The molecule has 2 rings (SSSR count). The Kier molecular flexibility index (Phi) is 1.82. The van der Waals surface area contributed by atoms with Gasteiger partial charge in [0, 0.05) is 5.92 Å². The van der Waals surface area contributed by atoms with Crippen LogP contribution in [0.25, 0.3) is 0 Å². The number of fused-ring (bicyclic) bond motifs is 2. The Morgan fingerprint density at radius 1 is 1.42 bits per heavy atom. The Bertz CT molecular complexity index is 219. The minimum Gasteiger partial charge on any atom is -0.303 e. The number of aldehydes is 1. The fraction of sp³-hybridized carbons (Fsp3) is 0.727. The highest BCUT2D eigenvalue weighted by molar-refractivity contribution is 5.54. The van der Waals surface area contributed by atoms with Gasteiger partial charge < -0.3 is 4.79 Å². The number of rotatable bonds is 2. The van der Waals surface area contributed by atoms with Crippen molar-refractivity contribution in [1.29, 1.82) is 0 Å². The third-order valence-electron chi connectivity index (χ3n) is 3.75. The zero-order chi connectivity index (χ0) is 8.72. The lowest BCUT2D eigenvalue weighted by Gasteiger charge is -2.27. The van der Waals surface area contributed by atoms with Crippen LogP contribution in [0.5, 0.6) is 0 Å². The number of carbonyl (C=O) groups excluding carboxylic acids is 1. The summed E-state index contributed by atoms with van der Waals surface area (Å²) in [6.07, 6.45) is 7.07. The van der Waals surface area contributed by atoms with E-state index >= 15 is 0 Å². The predicted molar refractivity (Wildman–Crippen MR) is 48.6 cm³/mol. The van der Waals surface area contributed by atoms with Crippen LogP contribution in [-0.4, -0.2) is 6.29 Å². The molecule has 0 heterocycles. The van der Waals surface area contributed by atoms with Crippen LogP contribution in [-0.2, 0) is 4.79 Å². The molecule has 0 spiro atoms. The van der Waals surface area contributed by atoms with Crippen LogP contribution in [0.3, 0.4) is 0 Å². The zero-order valence-electron chi connectivity index (χ0n) is 7.73. The van der Waals surface area contributed by atoms with Crippen molar-refractivity contribution in [2.45, 2.75) is 20.3 Å². The molecule has 2 bridgehead atoms. The molecule has 0 aromatic rings. The molecule has 2 aliphatic carbocycles. The molecule has 5 atom stereocenters. The lowest BCUT2D eigenvalue weighted by Crippen LogP contribution is -2.24. The van der Waals surface area contributed by atoms with Crippen LogP contribution >= 0.6 is 0 Å². The molecular formula is C11H16O. The fourth-order valence-electron chi connectivity index (χ4n) is 3.07. The van der Waals surface area contributed by atoms with E-state index in [0.29, 0.717) is 11.8 Å². The van der Waals surface area contributed by atoms with E-state index in [9.17, 15) is 4.79 Å². The van der Waals surface area contributed by atoms with Crippen LogP contribution in [0.2, 0.25) is 0 Å². The second-order valence-electron chi connectivity index (χ2n) is 4.38. The third kappa shape index (κ3) is 0.954. The van der Waals surface area contributed by atoms with E-state index in [1.807, 2.05) is 0 Å². The van der Waals surface area contributed by atoms with Crippen LogP contribution in [0.4, 0.5) is 0 Å². The van der Waals surface area contributed by atoms with E-state index < -0.39 is 0 Å². The van der Waals surface area contributed by atoms with Crippen molar-refractivity contribution in [3.63, 3.8) is 0 Å². The number of carbonyl (C=O) groups is 1. The Hall–Kier alpha value is -0.590. The lowest BCUT2D eigenvalue weighted by atomic mass is 9.77. The van der Waals surface area contributed by atoms with Gasteiger partial charge in [-0.1, -0.05) is 26.0 Å². The van der Waals surface area contributed by atoms with Gasteiger partial charge in [0.2, 0.25) is 0 Å². The van der Waals surface area contributed by atoms with E-state index in [0.717, 1.165) is 18.1 Å². The largest absolute Gasteiger partial charge is 0.303 e. The highest BCUT2D eigenvalue weighted by atomic mass is 16.1. The maximum Gasteiger partial charge on any atom is 0.123 e. The van der Waals surface area contributed by atoms with Crippen molar-refractivity contribution in [2.75, 3.05) is 0 Å². The highest BCUT2D eigenvalue weighted by Gasteiger charge is 2.43. The Morgan fingerprint density at radius 2 is 2.08 bits per heavy atom. The molecular weight excluding hydrogens is 148 g/mol. The average Bonchev–Trinajstić information content (AvgIpc) is 2.63. The molecule has 0 aromatic carbocycles. The molecule has 66 valence electrons. The number of allylic oxidation sites excluding steroid dienone is 2. The van der Waals surface area contributed by atoms with E-state index in [1.54, 1.807) is 0 Å². The van der Waals surface area contributed by atoms with Crippen molar-refractivity contribution < 1.29 is 4.79 Å². The van der Waals surface area contributed by atoms with Gasteiger partial charge in [-0.25, -0.2) is 0 Å². The van der Waals surface area contributed by atoms with Gasteiger partial charge in [0.05, 0.1) is 0 Å². The molecule has 1 fully saturated rings. The van der Waals surface area contributed by atoms with Gasteiger partial charge in [0.1, 0.15) is 6.29 Å². The quantitative estimate of drug-likeness (QED) is 0.452. The van der Waals surface area contributed by atoms with Crippen molar-refractivity contribution in [3.8, 4) is 0 Å². The van der Waals surface area contributed by atoms with E-state index in [-0.39, 0.29) is 5.92 Å². The second kappa shape index (κ2) is 2.72. The average molecular weight is 164 g/mol. The third-order valence-corrected chi connectivity index (χ3v) is 3.75. The predicted octanol–water partition coefficient (Wildman–Crippen LogP) is 2.28. The smallest absolute Gasteiger partial charge is 0.123 e. The Morgan fingerprint density at radius 3 is 2.58 bits per heavy atom. The highest BCUT2D eigenvalue weighted by Crippen LogP contribution is 2.50. The minimum absolute atomic E-state index is 0.250. The summed E-state index contributed by atoms with van der Waals surface area (Å²) in [7, 11) is 0. The van der Waals surface area contributed by atoms with Crippen LogP contribution in [0.15, 0.2) is 12.2 Å². The van der Waals surface area contributed by atoms with E-state index in [4.69, 9.17) is 0 Å². The van der Waals surface area contributed by atoms with Crippen molar-refractivity contribution in [3.05, 3.63) is 12.2 Å². The molecule has 0 radical (unpaired) electrons. The summed E-state index contributed by atoms with van der Waals surface area (Å²) in [5.41, 5.74) is 0. The van der Waals surface area contributed by atoms with Gasteiger partial charge in [0.15, 0.2) is 0 Å². The molecule has 12 heavy (non-hydrogen) atoms. The van der Waals surface area contributed by atoms with E-state index in [1.165, 1.54) is 6.42 Å². The first-order valence-electron chi connectivity index (χ1n) is 4.87. The van der Waals surface area contributed by atoms with Crippen molar-refractivity contribution in [2.24, 2.45) is 29.6 Å². The first-order chi connectivity index (χ1) is 5.74. The first kappa shape index (κ1) is 8.03. The molecule has 5 unspecified atom stereocenters. The van der Waals surface area contributed by atoms with Gasteiger partial charge in [0.25, 0.3) is 0 Å². The molecule has 1 saturated carbocycles. The summed E-state index contributed by atoms with van der Waals surface area (Å²) < 4.78 is 0. The summed E-state index contributed by atoms with van der Waals surface area (Å²) >= 11 is 0. The summed E-state index contributed by atoms with van der Waals surface area (Å²) in [6, 6.07) is 0. The van der Waals surface area contributed by atoms with Crippen molar-refractivity contribution in [1.82, 2.24) is 0 Å². The van der Waals surface area contributed by atoms with Gasteiger partial charge in [-0.05, 0) is 30.1 Å². The second-order valence-corrected chi connectivity index (χ2v) is 4.38. The van der Waals surface area contributed by atoms with Crippen LogP contribution < -0.4 is 0 Å². The fourth-order valence-corrected chi connectivity index (χ4v) is 3.07. The monoisotopic (exact) mass is 164 g/mol. The summed E-state index contributed by atoms with van der Waals surface area (Å²) in [6.45, 7) is 4.35. The molecule has 0 amide bonds. The Balaban J connectivity index is 2.17. The SMILES string of the molecule is CC(C=O)C1C2C=CC(C2)C1C. The number of hydrogen-bond acceptors (Lipinski definition) is 1. The summed E-state index contributed by atoms with van der Waals surface area (Å²) in [5.74, 6) is 3.06. The maximum absolute atomic E-state index is 10.7. The molecule has 1 heteroatoms. The summed E-state index contributed by atoms with van der Waals surface area (Å²) in [4.78, 5) is 10.7. The maximum atomic E-state index is 10.7. The zero-order valence-corrected chi connectivity index (χ0v) is 7.73. The molecule has 0 aliphatic heterocycles.